The van der Waals surface area contributed by atoms with Crippen molar-refractivity contribution in [1.82, 2.24) is 15.1 Å². The molecule has 3 heterocycles. The van der Waals surface area contributed by atoms with E-state index in [1.165, 1.54) is 24.5 Å². The van der Waals surface area contributed by atoms with Gasteiger partial charge in [-0.25, -0.2) is 0 Å². The molecule has 3 rings (SSSR count). The highest BCUT2D eigenvalue weighted by atomic mass is 127. The Kier molecular flexibility index (Phi) is 7.23. The van der Waals surface area contributed by atoms with Gasteiger partial charge in [0.1, 0.15) is 0 Å². The molecule has 0 spiro atoms. The molecular weight excluding hydrogens is 409 g/mol. The maximum absolute atomic E-state index is 4.44. The minimum absolute atomic E-state index is 0. The van der Waals surface area contributed by atoms with Crippen molar-refractivity contribution in [3.8, 4) is 0 Å². The van der Waals surface area contributed by atoms with Crippen LogP contribution >= 0.6 is 35.3 Å². The number of likely N-dealkylation sites (tertiary alicyclic amines) is 1. The molecule has 0 saturated carbocycles. The fraction of sp³-hybridized carbons (Fsp3) is 0.667. The van der Waals surface area contributed by atoms with Crippen molar-refractivity contribution >= 4 is 46.3 Å². The maximum Gasteiger partial charge on any atom is 0.193 e. The van der Waals surface area contributed by atoms with E-state index >= 15 is 0 Å². The van der Waals surface area contributed by atoms with Gasteiger partial charge in [0.05, 0.1) is 5.00 Å². The van der Waals surface area contributed by atoms with Gasteiger partial charge in [0.2, 0.25) is 0 Å². The highest BCUT2D eigenvalue weighted by molar-refractivity contribution is 14.0. The summed E-state index contributed by atoms with van der Waals surface area (Å²) in [4.78, 5) is 11.8. The molecule has 0 aromatic carbocycles. The van der Waals surface area contributed by atoms with E-state index < -0.39 is 0 Å². The first-order valence-electron chi connectivity index (χ1n) is 7.83. The predicted octanol–water partition coefficient (Wildman–Crippen LogP) is 1.77. The van der Waals surface area contributed by atoms with Crippen molar-refractivity contribution in [1.29, 1.82) is 0 Å². The molecule has 1 aromatic heterocycles. The van der Waals surface area contributed by atoms with Crippen LogP contribution in [0.3, 0.4) is 0 Å². The number of rotatable bonds is 4. The van der Waals surface area contributed by atoms with Crippen LogP contribution in [-0.2, 0) is 0 Å². The number of guanidine groups is 1. The van der Waals surface area contributed by atoms with Crippen molar-refractivity contribution in [3.05, 3.63) is 17.5 Å². The molecule has 0 bridgehead atoms. The van der Waals surface area contributed by atoms with Crippen molar-refractivity contribution in [2.45, 2.75) is 6.42 Å². The third kappa shape index (κ3) is 4.48. The van der Waals surface area contributed by atoms with Crippen LogP contribution in [0, 0.1) is 0 Å². The Hall–Kier alpha value is -0.540. The summed E-state index contributed by atoms with van der Waals surface area (Å²) in [6.07, 6.45) is 1.36. The molecule has 0 unspecified atom stereocenters. The van der Waals surface area contributed by atoms with Crippen molar-refractivity contribution in [3.63, 3.8) is 0 Å². The zero-order valence-electron chi connectivity index (χ0n) is 13.2. The van der Waals surface area contributed by atoms with E-state index in [0.717, 1.165) is 45.2 Å². The summed E-state index contributed by atoms with van der Waals surface area (Å²) in [6, 6.07) is 4.34. The van der Waals surface area contributed by atoms with Crippen LogP contribution in [0.25, 0.3) is 0 Å². The third-order valence-electron chi connectivity index (χ3n) is 4.27. The highest BCUT2D eigenvalue weighted by Crippen LogP contribution is 2.22. The summed E-state index contributed by atoms with van der Waals surface area (Å²) < 4.78 is 0. The first-order chi connectivity index (χ1) is 10.4. The molecule has 2 aliphatic rings. The van der Waals surface area contributed by atoms with Crippen molar-refractivity contribution in [2.24, 2.45) is 4.99 Å². The summed E-state index contributed by atoms with van der Waals surface area (Å²) in [5.74, 6) is 1.06. The molecule has 7 heteroatoms. The van der Waals surface area contributed by atoms with E-state index in [1.807, 2.05) is 18.4 Å². The van der Waals surface area contributed by atoms with E-state index in [4.69, 9.17) is 0 Å². The van der Waals surface area contributed by atoms with Crippen LogP contribution in [0.4, 0.5) is 5.00 Å². The van der Waals surface area contributed by atoms with Gasteiger partial charge < -0.3 is 20.0 Å². The molecule has 2 saturated heterocycles. The summed E-state index contributed by atoms with van der Waals surface area (Å²) in [7, 11) is 1.89. The van der Waals surface area contributed by atoms with Gasteiger partial charge in [-0.2, -0.15) is 0 Å². The Morgan fingerprint density at radius 1 is 1.23 bits per heavy atom. The molecule has 124 valence electrons. The average Bonchev–Trinajstić information content (AvgIpc) is 3.00. The first-order valence-corrected chi connectivity index (χ1v) is 8.71. The van der Waals surface area contributed by atoms with Gasteiger partial charge in [0, 0.05) is 46.3 Å². The number of aliphatic imine (C=N–C) groups is 1. The number of hydrogen-bond acceptors (Lipinski definition) is 4. The molecule has 5 nitrogen and oxygen atoms in total. The largest absolute Gasteiger partial charge is 0.360 e. The zero-order chi connectivity index (χ0) is 14.5. The lowest BCUT2D eigenvalue weighted by Crippen LogP contribution is -2.53. The Morgan fingerprint density at radius 3 is 2.55 bits per heavy atom. The second-order valence-corrected chi connectivity index (χ2v) is 6.52. The lowest BCUT2D eigenvalue weighted by Gasteiger charge is -2.37. The lowest BCUT2D eigenvalue weighted by atomic mass is 10.2. The number of hydrogen-bond donors (Lipinski definition) is 1. The molecule has 0 aliphatic carbocycles. The van der Waals surface area contributed by atoms with Crippen molar-refractivity contribution < 1.29 is 0 Å². The number of thiophene rings is 1. The molecule has 0 atom stereocenters. The Morgan fingerprint density at radius 2 is 2.00 bits per heavy atom. The van der Waals surface area contributed by atoms with Crippen LogP contribution in [-0.4, -0.2) is 75.2 Å². The van der Waals surface area contributed by atoms with Crippen molar-refractivity contribution in [2.75, 3.05) is 64.3 Å². The standard InChI is InChI=1S/C15H25N5S.HI/c1-16-15(17-5-8-18-6-3-7-18)20-11-9-19(10-12-20)14-4-2-13-21-14;/h2,4,13H,3,5-12H2,1H3,(H,16,17);1H. The molecule has 1 N–H and O–H groups in total. The van der Waals surface area contributed by atoms with Gasteiger partial charge >= 0.3 is 0 Å². The number of halogens is 1. The van der Waals surface area contributed by atoms with Gasteiger partial charge in [-0.05, 0) is 37.0 Å². The SMILES string of the molecule is CN=C(NCCN1CCC1)N1CCN(c2cccs2)CC1.I. The van der Waals surface area contributed by atoms with Gasteiger partial charge in [-0.1, -0.05) is 0 Å². The Labute approximate surface area is 154 Å². The summed E-state index contributed by atoms with van der Waals surface area (Å²) in [6.45, 7) is 8.90. The van der Waals surface area contributed by atoms with Crippen LogP contribution in [0.5, 0.6) is 0 Å². The fourth-order valence-electron chi connectivity index (χ4n) is 2.85. The minimum Gasteiger partial charge on any atom is -0.360 e. The topological polar surface area (TPSA) is 34.1 Å². The predicted molar refractivity (Wildman–Crippen MR) is 106 cm³/mol. The van der Waals surface area contributed by atoms with E-state index in [-0.39, 0.29) is 24.0 Å². The highest BCUT2D eigenvalue weighted by Gasteiger charge is 2.20. The van der Waals surface area contributed by atoms with Gasteiger partial charge in [-0.3, -0.25) is 4.99 Å². The molecule has 2 fully saturated rings. The zero-order valence-corrected chi connectivity index (χ0v) is 16.3. The smallest absolute Gasteiger partial charge is 0.193 e. The molecule has 2 aliphatic heterocycles. The van der Waals surface area contributed by atoms with E-state index in [0.29, 0.717) is 0 Å². The van der Waals surface area contributed by atoms with Gasteiger partial charge in [0.15, 0.2) is 5.96 Å². The molecule has 1 aromatic rings. The minimum atomic E-state index is 0. The van der Waals surface area contributed by atoms with Crippen LogP contribution in [0.15, 0.2) is 22.5 Å². The lowest BCUT2D eigenvalue weighted by molar-refractivity contribution is 0.184. The monoisotopic (exact) mass is 435 g/mol. The average molecular weight is 435 g/mol. The van der Waals surface area contributed by atoms with Crippen LogP contribution in [0.1, 0.15) is 6.42 Å². The second kappa shape index (κ2) is 8.93. The Balaban J connectivity index is 0.00000176. The number of anilines is 1. The first kappa shape index (κ1) is 17.8. The summed E-state index contributed by atoms with van der Waals surface area (Å²) in [5, 5.41) is 7.04. The second-order valence-electron chi connectivity index (χ2n) is 5.59. The number of nitrogens with one attached hydrogen (secondary N) is 1. The summed E-state index contributed by atoms with van der Waals surface area (Å²) in [5.41, 5.74) is 0. The van der Waals surface area contributed by atoms with Crippen LogP contribution < -0.4 is 10.2 Å². The van der Waals surface area contributed by atoms with Gasteiger partial charge in [-0.15, -0.1) is 35.3 Å². The summed E-state index contributed by atoms with van der Waals surface area (Å²) >= 11 is 1.83. The normalized spacial score (nSPS) is 19.6. The van der Waals surface area contributed by atoms with E-state index in [2.05, 4.69) is 42.5 Å². The Bertz CT molecular complexity index is 453. The fourth-order valence-corrected chi connectivity index (χ4v) is 3.64. The number of piperazine rings is 1. The van der Waals surface area contributed by atoms with E-state index in [9.17, 15) is 0 Å². The molecule has 0 radical (unpaired) electrons. The molecule has 22 heavy (non-hydrogen) atoms. The third-order valence-corrected chi connectivity index (χ3v) is 5.20. The van der Waals surface area contributed by atoms with Crippen LogP contribution in [0.2, 0.25) is 0 Å². The number of nitrogens with zero attached hydrogens (tertiary/aromatic N) is 4. The maximum atomic E-state index is 4.44. The quantitative estimate of drug-likeness (QED) is 0.444. The molecular formula is C15H26IN5S. The van der Waals surface area contributed by atoms with E-state index in [1.54, 1.807) is 0 Å². The van der Waals surface area contributed by atoms with Gasteiger partial charge in [0.25, 0.3) is 0 Å². The molecule has 0 amide bonds.